The van der Waals surface area contributed by atoms with Crippen molar-refractivity contribution >= 4 is 16.0 Å². The molecule has 2 unspecified atom stereocenters. The number of carboxylic acid groups (broad SMARTS) is 1. The van der Waals surface area contributed by atoms with Gasteiger partial charge >= 0.3 is 12.6 Å². The number of halogens is 3. The van der Waals surface area contributed by atoms with Crippen LogP contribution in [-0.4, -0.2) is 43.5 Å². The van der Waals surface area contributed by atoms with Crippen LogP contribution in [0, 0.1) is 17.7 Å². The Labute approximate surface area is 136 Å². The standard InChI is InChI=1S/C14H16F3NO5S/c1-8-4-9(13(19)20)7-18(6-8)24(21,22)12-5-10(15)2-3-11(12)23-14(16)17/h2-3,5,8-9,14H,4,6-7H2,1H3,(H,19,20). The fraction of sp³-hybridized carbons (Fsp3) is 0.500. The quantitative estimate of drug-likeness (QED) is 0.862. The molecule has 0 spiro atoms. The third-order valence-electron chi connectivity index (χ3n) is 3.72. The van der Waals surface area contributed by atoms with Crippen LogP contribution in [0.1, 0.15) is 13.3 Å². The molecule has 0 saturated carbocycles. The Bertz CT molecular complexity index is 725. The van der Waals surface area contributed by atoms with Crippen LogP contribution < -0.4 is 4.74 Å². The summed E-state index contributed by atoms with van der Waals surface area (Å²) in [7, 11) is -4.39. The van der Waals surface area contributed by atoms with Crippen molar-refractivity contribution in [2.75, 3.05) is 13.1 Å². The van der Waals surface area contributed by atoms with E-state index in [2.05, 4.69) is 4.74 Å². The third-order valence-corrected chi connectivity index (χ3v) is 5.57. The van der Waals surface area contributed by atoms with Crippen molar-refractivity contribution in [3.63, 3.8) is 0 Å². The molecule has 2 atom stereocenters. The highest BCUT2D eigenvalue weighted by Gasteiger charge is 2.37. The van der Waals surface area contributed by atoms with E-state index < -0.39 is 45.0 Å². The van der Waals surface area contributed by atoms with E-state index in [1.54, 1.807) is 6.92 Å². The summed E-state index contributed by atoms with van der Waals surface area (Å²) in [5.41, 5.74) is 0. The molecule has 0 amide bonds. The lowest BCUT2D eigenvalue weighted by Crippen LogP contribution is -2.45. The fourth-order valence-electron chi connectivity index (χ4n) is 2.69. The first-order valence-corrected chi connectivity index (χ1v) is 8.52. The summed E-state index contributed by atoms with van der Waals surface area (Å²) in [6, 6.07) is 2.19. The minimum atomic E-state index is -4.39. The topological polar surface area (TPSA) is 83.9 Å². The summed E-state index contributed by atoms with van der Waals surface area (Å²) in [4.78, 5) is 10.4. The average Bonchev–Trinajstić information content (AvgIpc) is 2.47. The van der Waals surface area contributed by atoms with E-state index >= 15 is 0 Å². The molecule has 0 radical (unpaired) electrons. The van der Waals surface area contributed by atoms with Gasteiger partial charge in [0.2, 0.25) is 10.0 Å². The van der Waals surface area contributed by atoms with Crippen molar-refractivity contribution in [1.82, 2.24) is 4.31 Å². The molecular formula is C14H16F3NO5S. The number of alkyl halides is 2. The Balaban J connectivity index is 2.42. The number of nitrogens with zero attached hydrogens (tertiary/aromatic N) is 1. The molecule has 1 N–H and O–H groups in total. The molecule has 0 aliphatic carbocycles. The molecule has 1 aromatic carbocycles. The second-order valence-electron chi connectivity index (χ2n) is 5.67. The maximum absolute atomic E-state index is 13.4. The van der Waals surface area contributed by atoms with Crippen molar-refractivity contribution in [3.05, 3.63) is 24.0 Å². The maximum Gasteiger partial charge on any atom is 0.387 e. The van der Waals surface area contributed by atoms with Gasteiger partial charge in [0.25, 0.3) is 0 Å². The molecule has 2 rings (SSSR count). The monoisotopic (exact) mass is 367 g/mol. The largest absolute Gasteiger partial charge is 0.481 e. The van der Waals surface area contributed by atoms with Gasteiger partial charge in [0, 0.05) is 13.1 Å². The Morgan fingerprint density at radius 1 is 1.38 bits per heavy atom. The number of hydrogen-bond acceptors (Lipinski definition) is 4. The number of aliphatic carboxylic acids is 1. The van der Waals surface area contributed by atoms with Crippen molar-refractivity contribution in [2.45, 2.75) is 24.9 Å². The zero-order valence-corrected chi connectivity index (χ0v) is 13.5. The van der Waals surface area contributed by atoms with Gasteiger partial charge in [-0.2, -0.15) is 13.1 Å². The summed E-state index contributed by atoms with van der Waals surface area (Å²) >= 11 is 0. The molecule has 134 valence electrons. The van der Waals surface area contributed by atoms with E-state index in [0.29, 0.717) is 12.5 Å². The Morgan fingerprint density at radius 3 is 2.62 bits per heavy atom. The number of benzene rings is 1. The average molecular weight is 367 g/mol. The fourth-order valence-corrected chi connectivity index (χ4v) is 4.43. The lowest BCUT2D eigenvalue weighted by atomic mass is 9.92. The first kappa shape index (κ1) is 18.5. The van der Waals surface area contributed by atoms with E-state index in [4.69, 9.17) is 5.11 Å². The first-order valence-electron chi connectivity index (χ1n) is 7.08. The molecule has 1 fully saturated rings. The number of carbonyl (C=O) groups is 1. The molecule has 1 aliphatic heterocycles. The van der Waals surface area contributed by atoms with Gasteiger partial charge in [0.05, 0.1) is 5.92 Å². The molecule has 1 aromatic rings. The zero-order valence-electron chi connectivity index (χ0n) is 12.7. The number of hydrogen-bond donors (Lipinski definition) is 1. The number of ether oxygens (including phenoxy) is 1. The van der Waals surface area contributed by atoms with Crippen molar-refractivity contribution < 1.29 is 36.2 Å². The Kier molecular flexibility index (Phi) is 5.38. The lowest BCUT2D eigenvalue weighted by molar-refractivity contribution is -0.143. The van der Waals surface area contributed by atoms with Crippen molar-refractivity contribution in [2.24, 2.45) is 11.8 Å². The smallest absolute Gasteiger partial charge is 0.387 e. The maximum atomic E-state index is 13.4. The molecule has 10 heteroatoms. The molecule has 0 bridgehead atoms. The number of rotatable bonds is 5. The Morgan fingerprint density at radius 2 is 2.04 bits per heavy atom. The first-order chi connectivity index (χ1) is 11.1. The summed E-state index contributed by atoms with van der Waals surface area (Å²) in [5, 5.41) is 9.12. The van der Waals surface area contributed by atoms with E-state index in [1.165, 1.54) is 0 Å². The van der Waals surface area contributed by atoms with Gasteiger partial charge in [0.1, 0.15) is 16.5 Å². The van der Waals surface area contributed by atoms with E-state index in [1.807, 2.05) is 0 Å². The van der Waals surface area contributed by atoms with Crippen LogP contribution >= 0.6 is 0 Å². The molecule has 6 nitrogen and oxygen atoms in total. The van der Waals surface area contributed by atoms with Crippen molar-refractivity contribution in [1.29, 1.82) is 0 Å². The number of piperidine rings is 1. The van der Waals surface area contributed by atoms with Crippen LogP contribution in [0.2, 0.25) is 0 Å². The highest BCUT2D eigenvalue weighted by Crippen LogP contribution is 2.32. The predicted octanol–water partition coefficient (Wildman–Crippen LogP) is 2.16. The van der Waals surface area contributed by atoms with Gasteiger partial charge in [0.15, 0.2) is 0 Å². The minimum Gasteiger partial charge on any atom is -0.481 e. The van der Waals surface area contributed by atoms with Crippen LogP contribution in [0.15, 0.2) is 23.1 Å². The third kappa shape index (κ3) is 3.99. The molecule has 1 heterocycles. The van der Waals surface area contributed by atoms with Gasteiger partial charge in [-0.15, -0.1) is 0 Å². The Hall–Kier alpha value is -1.81. The predicted molar refractivity (Wildman–Crippen MR) is 76.7 cm³/mol. The summed E-state index contributed by atoms with van der Waals surface area (Å²) < 4.78 is 68.8. The molecule has 24 heavy (non-hydrogen) atoms. The van der Waals surface area contributed by atoms with Crippen LogP contribution in [-0.2, 0) is 14.8 Å². The van der Waals surface area contributed by atoms with Gasteiger partial charge < -0.3 is 9.84 Å². The zero-order chi connectivity index (χ0) is 18.1. The second kappa shape index (κ2) is 6.98. The van der Waals surface area contributed by atoms with E-state index in [9.17, 15) is 26.4 Å². The summed E-state index contributed by atoms with van der Waals surface area (Å²) in [5.74, 6) is -3.93. The van der Waals surface area contributed by atoms with Crippen LogP contribution in [0.5, 0.6) is 5.75 Å². The highest BCUT2D eigenvalue weighted by atomic mass is 32.2. The molecule has 1 aliphatic rings. The summed E-state index contributed by atoms with van der Waals surface area (Å²) in [6.45, 7) is -1.90. The number of carboxylic acids is 1. The SMILES string of the molecule is CC1CC(C(=O)O)CN(S(=O)(=O)c2cc(F)ccc2OC(F)F)C1. The van der Waals surface area contributed by atoms with Gasteiger partial charge in [-0.1, -0.05) is 6.92 Å². The van der Waals surface area contributed by atoms with E-state index in [-0.39, 0.29) is 19.0 Å². The molecule has 1 saturated heterocycles. The van der Waals surface area contributed by atoms with E-state index in [0.717, 1.165) is 16.4 Å². The van der Waals surface area contributed by atoms with Gasteiger partial charge in [-0.3, -0.25) is 4.79 Å². The highest BCUT2D eigenvalue weighted by molar-refractivity contribution is 7.89. The molecule has 0 aromatic heterocycles. The normalized spacial score (nSPS) is 22.5. The lowest BCUT2D eigenvalue weighted by Gasteiger charge is -2.34. The van der Waals surface area contributed by atoms with Crippen molar-refractivity contribution in [3.8, 4) is 5.75 Å². The second-order valence-corrected chi connectivity index (χ2v) is 7.57. The van der Waals surface area contributed by atoms with Crippen LogP contribution in [0.25, 0.3) is 0 Å². The van der Waals surface area contributed by atoms with Gasteiger partial charge in [-0.25, -0.2) is 12.8 Å². The van der Waals surface area contributed by atoms with Gasteiger partial charge in [-0.05, 0) is 30.5 Å². The summed E-state index contributed by atoms with van der Waals surface area (Å²) in [6.07, 6.45) is 0.297. The van der Waals surface area contributed by atoms with Crippen LogP contribution in [0.3, 0.4) is 0 Å². The molecular weight excluding hydrogens is 351 g/mol. The minimum absolute atomic E-state index is 0.0107. The van der Waals surface area contributed by atoms with Crippen LogP contribution in [0.4, 0.5) is 13.2 Å². The number of sulfonamides is 1.